The van der Waals surface area contributed by atoms with Crippen LogP contribution in [0.1, 0.15) is 32.6 Å². The molecule has 1 aliphatic rings. The van der Waals surface area contributed by atoms with Gasteiger partial charge in [-0.25, -0.2) is 0 Å². The monoisotopic (exact) mass is 232 g/mol. The summed E-state index contributed by atoms with van der Waals surface area (Å²) in [7, 11) is 0. The quantitative estimate of drug-likeness (QED) is 0.573. The van der Waals surface area contributed by atoms with Gasteiger partial charge in [-0.15, -0.1) is 0 Å². The van der Waals surface area contributed by atoms with Gasteiger partial charge >= 0.3 is 0 Å². The minimum atomic E-state index is 0.609. The summed E-state index contributed by atoms with van der Waals surface area (Å²) >= 11 is 7.26. The standard InChI is InChI=1S/C10H20N2S2/c1-2-3-6-11-10(13)12-9-4-7-14-8-5-9/h9H,2-8H2,1H3,(H2,11,12,13). The zero-order valence-corrected chi connectivity index (χ0v) is 10.5. The predicted octanol–water partition coefficient (Wildman–Crippen LogP) is 2.15. The highest BCUT2D eigenvalue weighted by Crippen LogP contribution is 2.16. The van der Waals surface area contributed by atoms with Crippen LogP contribution in [0, 0.1) is 0 Å². The van der Waals surface area contributed by atoms with E-state index in [1.165, 1.54) is 37.2 Å². The van der Waals surface area contributed by atoms with Gasteiger partial charge in [0.05, 0.1) is 0 Å². The van der Waals surface area contributed by atoms with Crippen LogP contribution in [0.4, 0.5) is 0 Å². The first-order chi connectivity index (χ1) is 6.83. The molecule has 2 nitrogen and oxygen atoms in total. The van der Waals surface area contributed by atoms with Crippen molar-refractivity contribution in [1.29, 1.82) is 0 Å². The Morgan fingerprint density at radius 2 is 2.14 bits per heavy atom. The topological polar surface area (TPSA) is 24.1 Å². The average molecular weight is 232 g/mol. The molecule has 1 rings (SSSR count). The summed E-state index contributed by atoms with van der Waals surface area (Å²) in [5.74, 6) is 2.55. The van der Waals surface area contributed by atoms with Crippen LogP contribution >= 0.6 is 24.0 Å². The number of hydrogen-bond acceptors (Lipinski definition) is 2. The molecule has 0 amide bonds. The molecule has 1 saturated heterocycles. The molecule has 0 spiro atoms. The Hall–Kier alpha value is 0.0400. The molecule has 0 aromatic carbocycles. The van der Waals surface area contributed by atoms with Crippen molar-refractivity contribution < 1.29 is 0 Å². The van der Waals surface area contributed by atoms with Crippen molar-refractivity contribution in [2.24, 2.45) is 0 Å². The van der Waals surface area contributed by atoms with Gasteiger partial charge in [-0.1, -0.05) is 13.3 Å². The van der Waals surface area contributed by atoms with Crippen LogP contribution < -0.4 is 10.6 Å². The molecule has 0 aromatic rings. The molecule has 0 bridgehead atoms. The summed E-state index contributed by atoms with van der Waals surface area (Å²) in [6.07, 6.45) is 4.92. The third-order valence-electron chi connectivity index (χ3n) is 2.37. The first-order valence-corrected chi connectivity index (χ1v) is 7.01. The minimum absolute atomic E-state index is 0.609. The molecule has 1 aliphatic heterocycles. The third-order valence-corrected chi connectivity index (χ3v) is 3.68. The summed E-state index contributed by atoms with van der Waals surface area (Å²) in [4.78, 5) is 0. The van der Waals surface area contributed by atoms with Gasteiger partial charge in [0.1, 0.15) is 0 Å². The number of rotatable bonds is 4. The fourth-order valence-electron chi connectivity index (χ4n) is 1.46. The molecule has 1 fully saturated rings. The smallest absolute Gasteiger partial charge is 0.166 e. The lowest BCUT2D eigenvalue weighted by Crippen LogP contribution is -2.43. The number of thioether (sulfide) groups is 1. The van der Waals surface area contributed by atoms with Gasteiger partial charge < -0.3 is 10.6 Å². The second kappa shape index (κ2) is 7.35. The minimum Gasteiger partial charge on any atom is -0.363 e. The van der Waals surface area contributed by atoms with Crippen LogP contribution in [0.2, 0.25) is 0 Å². The second-order valence-corrected chi connectivity index (χ2v) is 5.27. The number of nitrogens with one attached hydrogen (secondary N) is 2. The highest BCUT2D eigenvalue weighted by Gasteiger charge is 2.13. The van der Waals surface area contributed by atoms with Gasteiger partial charge in [-0.2, -0.15) is 11.8 Å². The van der Waals surface area contributed by atoms with Crippen molar-refractivity contribution in [3.05, 3.63) is 0 Å². The van der Waals surface area contributed by atoms with Gasteiger partial charge in [-0.05, 0) is 43.0 Å². The predicted molar refractivity (Wildman–Crippen MR) is 69.0 cm³/mol. The zero-order chi connectivity index (χ0) is 10.2. The molecule has 14 heavy (non-hydrogen) atoms. The van der Waals surface area contributed by atoms with E-state index >= 15 is 0 Å². The Balaban J connectivity index is 2.06. The Labute approximate surface area is 96.6 Å². The third kappa shape index (κ3) is 5.05. The van der Waals surface area contributed by atoms with E-state index in [1.807, 2.05) is 11.8 Å². The highest BCUT2D eigenvalue weighted by atomic mass is 32.2. The van der Waals surface area contributed by atoms with Crippen molar-refractivity contribution in [1.82, 2.24) is 10.6 Å². The van der Waals surface area contributed by atoms with Crippen LogP contribution in [0.3, 0.4) is 0 Å². The zero-order valence-electron chi connectivity index (χ0n) is 8.84. The van der Waals surface area contributed by atoms with E-state index in [0.717, 1.165) is 11.7 Å². The molecule has 0 radical (unpaired) electrons. The summed E-state index contributed by atoms with van der Waals surface area (Å²) < 4.78 is 0. The number of thiocarbonyl (C=S) groups is 1. The van der Waals surface area contributed by atoms with Gasteiger partial charge in [0.2, 0.25) is 0 Å². The average Bonchev–Trinajstić information content (AvgIpc) is 2.20. The van der Waals surface area contributed by atoms with Crippen LogP contribution in [0.5, 0.6) is 0 Å². The molecule has 1 heterocycles. The van der Waals surface area contributed by atoms with E-state index in [4.69, 9.17) is 12.2 Å². The lowest BCUT2D eigenvalue weighted by atomic mass is 10.2. The van der Waals surface area contributed by atoms with Crippen LogP contribution in [-0.2, 0) is 0 Å². The van der Waals surface area contributed by atoms with E-state index in [-0.39, 0.29) is 0 Å². The van der Waals surface area contributed by atoms with Crippen LogP contribution in [-0.4, -0.2) is 29.2 Å². The number of hydrogen-bond donors (Lipinski definition) is 2. The summed E-state index contributed by atoms with van der Waals surface area (Å²) in [6, 6.07) is 0.609. The molecule has 0 aromatic heterocycles. The van der Waals surface area contributed by atoms with E-state index in [0.29, 0.717) is 6.04 Å². The van der Waals surface area contributed by atoms with Gasteiger partial charge in [0.15, 0.2) is 5.11 Å². The van der Waals surface area contributed by atoms with E-state index in [2.05, 4.69) is 17.6 Å². The Morgan fingerprint density at radius 3 is 2.79 bits per heavy atom. The lowest BCUT2D eigenvalue weighted by molar-refractivity contribution is 0.560. The lowest BCUT2D eigenvalue weighted by Gasteiger charge is -2.24. The van der Waals surface area contributed by atoms with E-state index in [9.17, 15) is 0 Å². The first kappa shape index (κ1) is 12.1. The molecule has 0 unspecified atom stereocenters. The summed E-state index contributed by atoms with van der Waals surface area (Å²) in [6.45, 7) is 3.19. The molecule has 2 N–H and O–H groups in total. The molecule has 82 valence electrons. The highest BCUT2D eigenvalue weighted by molar-refractivity contribution is 7.99. The van der Waals surface area contributed by atoms with Crippen molar-refractivity contribution in [3.63, 3.8) is 0 Å². The normalized spacial score (nSPS) is 17.8. The molecule has 4 heteroatoms. The van der Waals surface area contributed by atoms with Crippen LogP contribution in [0.25, 0.3) is 0 Å². The summed E-state index contributed by atoms with van der Waals surface area (Å²) in [5.41, 5.74) is 0. The fraction of sp³-hybridized carbons (Fsp3) is 0.900. The van der Waals surface area contributed by atoms with Crippen molar-refractivity contribution in [3.8, 4) is 0 Å². The molecule has 0 aliphatic carbocycles. The Bertz CT molecular complexity index is 168. The van der Waals surface area contributed by atoms with Crippen molar-refractivity contribution in [2.45, 2.75) is 38.6 Å². The molecule has 0 atom stereocenters. The first-order valence-electron chi connectivity index (χ1n) is 5.45. The SMILES string of the molecule is CCCCNC(=S)NC1CCSCC1. The van der Waals surface area contributed by atoms with E-state index in [1.54, 1.807) is 0 Å². The van der Waals surface area contributed by atoms with Crippen LogP contribution in [0.15, 0.2) is 0 Å². The summed E-state index contributed by atoms with van der Waals surface area (Å²) in [5, 5.41) is 7.47. The van der Waals surface area contributed by atoms with Gasteiger partial charge in [0, 0.05) is 12.6 Å². The maximum Gasteiger partial charge on any atom is 0.166 e. The van der Waals surface area contributed by atoms with E-state index < -0.39 is 0 Å². The van der Waals surface area contributed by atoms with Gasteiger partial charge in [-0.3, -0.25) is 0 Å². The Morgan fingerprint density at radius 1 is 1.43 bits per heavy atom. The maximum atomic E-state index is 5.22. The van der Waals surface area contributed by atoms with Crippen molar-refractivity contribution in [2.75, 3.05) is 18.1 Å². The fourth-order valence-corrected chi connectivity index (χ4v) is 2.83. The van der Waals surface area contributed by atoms with Crippen molar-refractivity contribution >= 4 is 29.1 Å². The molecule has 0 saturated carbocycles. The van der Waals surface area contributed by atoms with Gasteiger partial charge in [0.25, 0.3) is 0 Å². The molecular formula is C10H20N2S2. The Kier molecular flexibility index (Phi) is 6.36. The molecular weight excluding hydrogens is 212 g/mol. The maximum absolute atomic E-state index is 5.22. The second-order valence-electron chi connectivity index (χ2n) is 3.64. The largest absolute Gasteiger partial charge is 0.363 e. The number of unbranched alkanes of at least 4 members (excludes halogenated alkanes) is 1.